The first kappa shape index (κ1) is 19.8. The minimum absolute atomic E-state index is 0.0678. The molecule has 1 aliphatic heterocycles. The lowest BCUT2D eigenvalue weighted by atomic mass is 10.2. The summed E-state index contributed by atoms with van der Waals surface area (Å²) in [5.74, 6) is -0.0678. The van der Waals surface area contributed by atoms with E-state index < -0.39 is 10.0 Å². The molecule has 2 aromatic rings. The predicted octanol–water partition coefficient (Wildman–Crippen LogP) is 1.18. The molecule has 0 atom stereocenters. The van der Waals surface area contributed by atoms with Crippen molar-refractivity contribution in [3.8, 4) is 0 Å². The summed E-state index contributed by atoms with van der Waals surface area (Å²) in [5, 5.41) is 3.29. The van der Waals surface area contributed by atoms with E-state index in [1.54, 1.807) is 18.2 Å². The van der Waals surface area contributed by atoms with E-state index in [0.717, 1.165) is 16.2 Å². The zero-order chi connectivity index (χ0) is 19.4. The first-order valence-electron chi connectivity index (χ1n) is 8.80. The highest BCUT2D eigenvalue weighted by Crippen LogP contribution is 2.19. The summed E-state index contributed by atoms with van der Waals surface area (Å²) in [6.07, 6.45) is 0. The molecular formula is C19H23ClN3O3S+. The summed E-state index contributed by atoms with van der Waals surface area (Å²) in [6, 6.07) is 13.9. The molecule has 1 heterocycles. The highest BCUT2D eigenvalue weighted by molar-refractivity contribution is 7.89. The molecule has 0 unspecified atom stereocenters. The van der Waals surface area contributed by atoms with Crippen LogP contribution in [0.25, 0.3) is 0 Å². The second kappa shape index (κ2) is 8.39. The van der Waals surface area contributed by atoms with Crippen molar-refractivity contribution in [2.45, 2.75) is 11.8 Å². The van der Waals surface area contributed by atoms with Crippen molar-refractivity contribution in [1.82, 2.24) is 4.31 Å². The Balaban J connectivity index is 1.55. The Kier molecular flexibility index (Phi) is 6.16. The molecule has 3 rings (SSSR count). The first-order valence-corrected chi connectivity index (χ1v) is 10.6. The maximum atomic E-state index is 12.7. The number of rotatable bonds is 5. The molecule has 0 radical (unpaired) electrons. The van der Waals surface area contributed by atoms with E-state index in [2.05, 4.69) is 5.32 Å². The molecule has 0 aliphatic carbocycles. The number of halogens is 1. The van der Waals surface area contributed by atoms with Crippen molar-refractivity contribution >= 4 is 33.2 Å². The fourth-order valence-corrected chi connectivity index (χ4v) is 4.89. The maximum absolute atomic E-state index is 12.7. The van der Waals surface area contributed by atoms with E-state index in [1.165, 1.54) is 10.4 Å². The largest absolute Gasteiger partial charge is 0.325 e. The molecule has 1 fully saturated rings. The van der Waals surface area contributed by atoms with Crippen LogP contribution >= 0.6 is 11.6 Å². The molecule has 2 aromatic carbocycles. The summed E-state index contributed by atoms with van der Waals surface area (Å²) in [7, 11) is -3.55. The van der Waals surface area contributed by atoms with Gasteiger partial charge in [0.25, 0.3) is 5.91 Å². The van der Waals surface area contributed by atoms with Gasteiger partial charge in [-0.1, -0.05) is 29.8 Å². The zero-order valence-electron chi connectivity index (χ0n) is 15.1. The third-order valence-corrected chi connectivity index (χ3v) is 6.71. The Morgan fingerprint density at radius 2 is 1.85 bits per heavy atom. The van der Waals surface area contributed by atoms with E-state index in [1.807, 2.05) is 31.2 Å². The number of carbonyl (C=O) groups is 1. The van der Waals surface area contributed by atoms with Crippen LogP contribution in [0.2, 0.25) is 5.02 Å². The molecule has 1 saturated heterocycles. The number of nitrogens with one attached hydrogen (secondary N) is 2. The molecule has 0 spiro atoms. The molecule has 144 valence electrons. The van der Waals surface area contributed by atoms with Crippen molar-refractivity contribution in [1.29, 1.82) is 0 Å². The fraction of sp³-hybridized carbons (Fsp3) is 0.316. The van der Waals surface area contributed by atoms with Gasteiger partial charge in [-0.25, -0.2) is 8.42 Å². The summed E-state index contributed by atoms with van der Waals surface area (Å²) < 4.78 is 26.9. The number of amides is 1. The minimum atomic E-state index is -3.55. The minimum Gasteiger partial charge on any atom is -0.325 e. The monoisotopic (exact) mass is 408 g/mol. The third kappa shape index (κ3) is 5.07. The van der Waals surface area contributed by atoms with Gasteiger partial charge in [0.15, 0.2) is 6.54 Å². The number of aryl methyl sites for hydroxylation is 1. The van der Waals surface area contributed by atoms with Crippen LogP contribution in [0.4, 0.5) is 5.69 Å². The van der Waals surface area contributed by atoms with Gasteiger partial charge in [0.1, 0.15) is 0 Å². The quantitative estimate of drug-likeness (QED) is 0.780. The molecule has 0 aromatic heterocycles. The number of anilines is 1. The molecule has 1 amide bonds. The first-order chi connectivity index (χ1) is 12.8. The van der Waals surface area contributed by atoms with Crippen LogP contribution in [0.3, 0.4) is 0 Å². The molecular weight excluding hydrogens is 386 g/mol. The maximum Gasteiger partial charge on any atom is 0.279 e. The lowest BCUT2D eigenvalue weighted by Gasteiger charge is -2.31. The third-order valence-electron chi connectivity index (χ3n) is 4.58. The van der Waals surface area contributed by atoms with Crippen LogP contribution in [0.1, 0.15) is 5.56 Å². The molecule has 2 N–H and O–H groups in total. The van der Waals surface area contributed by atoms with Crippen LogP contribution < -0.4 is 10.2 Å². The average molecular weight is 409 g/mol. The zero-order valence-corrected chi connectivity index (χ0v) is 16.7. The van der Waals surface area contributed by atoms with Crippen LogP contribution in [-0.4, -0.2) is 51.4 Å². The highest BCUT2D eigenvalue weighted by atomic mass is 35.5. The Morgan fingerprint density at radius 1 is 1.15 bits per heavy atom. The number of sulfonamides is 1. The van der Waals surface area contributed by atoms with Gasteiger partial charge in [0.05, 0.1) is 31.1 Å². The van der Waals surface area contributed by atoms with Gasteiger partial charge in [-0.3, -0.25) is 4.79 Å². The predicted molar refractivity (Wildman–Crippen MR) is 106 cm³/mol. The van der Waals surface area contributed by atoms with Crippen LogP contribution in [-0.2, 0) is 14.8 Å². The van der Waals surface area contributed by atoms with Crippen molar-refractivity contribution < 1.29 is 18.1 Å². The Labute approximate surface area is 164 Å². The topological polar surface area (TPSA) is 70.9 Å². The standard InChI is InChI=1S/C19H22ClN3O3S/c1-15-4-2-6-17(12-15)21-19(24)14-22-8-10-23(11-9-22)27(25,26)18-7-3-5-16(20)13-18/h2-7,12-13H,8-11,14H2,1H3,(H,21,24)/p+1. The number of quaternary nitrogens is 1. The number of piperazine rings is 1. The molecule has 8 heteroatoms. The summed E-state index contributed by atoms with van der Waals surface area (Å²) in [5.41, 5.74) is 1.86. The SMILES string of the molecule is Cc1cccc(NC(=O)C[NH+]2CCN(S(=O)(=O)c3cccc(Cl)c3)CC2)c1. The molecule has 0 bridgehead atoms. The van der Waals surface area contributed by atoms with E-state index in [-0.39, 0.29) is 10.8 Å². The summed E-state index contributed by atoms with van der Waals surface area (Å²) >= 11 is 5.91. The van der Waals surface area contributed by atoms with Gasteiger partial charge in [0, 0.05) is 10.7 Å². The number of hydrogen-bond donors (Lipinski definition) is 2. The van der Waals surface area contributed by atoms with Crippen molar-refractivity contribution in [2.75, 3.05) is 38.0 Å². The average Bonchev–Trinajstić information content (AvgIpc) is 2.62. The van der Waals surface area contributed by atoms with Gasteiger partial charge < -0.3 is 10.2 Å². The van der Waals surface area contributed by atoms with Gasteiger partial charge in [-0.05, 0) is 42.8 Å². The number of benzene rings is 2. The Hall–Kier alpha value is -1.93. The van der Waals surface area contributed by atoms with Crippen LogP contribution in [0, 0.1) is 6.92 Å². The second-order valence-corrected chi connectivity index (χ2v) is 9.08. The van der Waals surface area contributed by atoms with Crippen LogP contribution in [0.15, 0.2) is 53.4 Å². The van der Waals surface area contributed by atoms with Gasteiger partial charge in [-0.2, -0.15) is 4.31 Å². The highest BCUT2D eigenvalue weighted by Gasteiger charge is 2.31. The Morgan fingerprint density at radius 3 is 2.52 bits per heavy atom. The summed E-state index contributed by atoms with van der Waals surface area (Å²) in [4.78, 5) is 13.5. The molecule has 1 aliphatic rings. The number of carbonyl (C=O) groups excluding carboxylic acids is 1. The van der Waals surface area contributed by atoms with E-state index in [9.17, 15) is 13.2 Å². The second-order valence-electron chi connectivity index (χ2n) is 6.71. The Bertz CT molecular complexity index is 925. The van der Waals surface area contributed by atoms with Crippen molar-refractivity contribution in [3.05, 3.63) is 59.1 Å². The van der Waals surface area contributed by atoms with Gasteiger partial charge in [0.2, 0.25) is 10.0 Å². The van der Waals surface area contributed by atoms with Gasteiger partial charge >= 0.3 is 0 Å². The van der Waals surface area contributed by atoms with Gasteiger partial charge in [-0.15, -0.1) is 0 Å². The smallest absolute Gasteiger partial charge is 0.279 e. The lowest BCUT2D eigenvalue weighted by Crippen LogP contribution is -3.15. The fourth-order valence-electron chi connectivity index (χ4n) is 3.15. The number of hydrogen-bond acceptors (Lipinski definition) is 3. The van der Waals surface area contributed by atoms with E-state index in [0.29, 0.717) is 37.7 Å². The van der Waals surface area contributed by atoms with E-state index in [4.69, 9.17) is 11.6 Å². The molecule has 0 saturated carbocycles. The van der Waals surface area contributed by atoms with Crippen LogP contribution in [0.5, 0.6) is 0 Å². The molecule has 6 nitrogen and oxygen atoms in total. The normalized spacial score (nSPS) is 16.2. The molecule has 27 heavy (non-hydrogen) atoms. The summed E-state index contributed by atoms with van der Waals surface area (Å²) in [6.45, 7) is 4.21. The lowest BCUT2D eigenvalue weighted by molar-refractivity contribution is -0.895. The van der Waals surface area contributed by atoms with Crippen molar-refractivity contribution in [2.24, 2.45) is 0 Å². The van der Waals surface area contributed by atoms with Crippen molar-refractivity contribution in [3.63, 3.8) is 0 Å². The number of nitrogens with zero attached hydrogens (tertiary/aromatic N) is 1. The van der Waals surface area contributed by atoms with E-state index >= 15 is 0 Å².